The SMILES string of the molecule is O=S(=O)(Nc1c(-c2ccccc2)nc2ccc(Cl)cn12)c1ccc(Cl)cc1. The van der Waals surface area contributed by atoms with Gasteiger partial charge in [0, 0.05) is 16.8 Å². The van der Waals surface area contributed by atoms with Crippen molar-refractivity contribution < 1.29 is 8.42 Å². The third-order valence-electron chi connectivity index (χ3n) is 3.98. The van der Waals surface area contributed by atoms with Gasteiger partial charge in [0.05, 0.1) is 9.92 Å². The first-order chi connectivity index (χ1) is 12.9. The molecule has 0 amide bonds. The summed E-state index contributed by atoms with van der Waals surface area (Å²) in [5.74, 6) is 0.314. The Bertz CT molecular complexity index is 1220. The molecule has 1 N–H and O–H groups in total. The standard InChI is InChI=1S/C19H13Cl2N3O2S/c20-14-6-9-16(10-7-14)27(25,26)23-19-18(13-4-2-1-3-5-13)22-17-11-8-15(21)12-24(17)19/h1-12,23H. The third-order valence-corrected chi connectivity index (χ3v) is 5.82. The first-order valence-corrected chi connectivity index (χ1v) is 10.2. The number of benzene rings is 2. The number of nitrogens with one attached hydrogen (secondary N) is 1. The third kappa shape index (κ3) is 3.51. The predicted molar refractivity (Wildman–Crippen MR) is 108 cm³/mol. The Morgan fingerprint density at radius 2 is 1.52 bits per heavy atom. The Hall–Kier alpha value is -2.54. The van der Waals surface area contributed by atoms with Crippen LogP contribution >= 0.6 is 23.2 Å². The molecule has 2 heterocycles. The highest BCUT2D eigenvalue weighted by Crippen LogP contribution is 2.31. The summed E-state index contributed by atoms with van der Waals surface area (Å²) in [5, 5.41) is 0.923. The zero-order chi connectivity index (χ0) is 19.0. The minimum atomic E-state index is -3.85. The summed E-state index contributed by atoms with van der Waals surface area (Å²) < 4.78 is 30.1. The molecule has 0 radical (unpaired) electrons. The van der Waals surface area contributed by atoms with Gasteiger partial charge < -0.3 is 0 Å². The minimum Gasteiger partial charge on any atom is -0.284 e. The van der Waals surface area contributed by atoms with Crippen molar-refractivity contribution in [3.05, 3.63) is 83.0 Å². The second-order valence-electron chi connectivity index (χ2n) is 5.81. The fourth-order valence-corrected chi connectivity index (χ4v) is 4.06. The highest BCUT2D eigenvalue weighted by molar-refractivity contribution is 7.92. The fraction of sp³-hybridized carbons (Fsp3) is 0. The molecule has 0 aliphatic carbocycles. The van der Waals surface area contributed by atoms with E-state index in [4.69, 9.17) is 23.2 Å². The number of hydrogen-bond acceptors (Lipinski definition) is 3. The van der Waals surface area contributed by atoms with Crippen LogP contribution in [-0.4, -0.2) is 17.8 Å². The van der Waals surface area contributed by atoms with Crippen molar-refractivity contribution in [2.75, 3.05) is 4.72 Å². The van der Waals surface area contributed by atoms with Crippen LogP contribution in [0.5, 0.6) is 0 Å². The van der Waals surface area contributed by atoms with Crippen molar-refractivity contribution in [3.8, 4) is 11.3 Å². The number of anilines is 1. The molecule has 136 valence electrons. The van der Waals surface area contributed by atoms with Crippen LogP contribution in [-0.2, 0) is 10.0 Å². The normalized spacial score (nSPS) is 11.6. The molecule has 0 aliphatic rings. The molecule has 8 heteroatoms. The van der Waals surface area contributed by atoms with Crippen molar-refractivity contribution in [3.63, 3.8) is 0 Å². The Balaban J connectivity index is 1.89. The lowest BCUT2D eigenvalue weighted by molar-refractivity contribution is 0.601. The summed E-state index contributed by atoms with van der Waals surface area (Å²) in [4.78, 5) is 4.67. The molecule has 0 bridgehead atoms. The van der Waals surface area contributed by atoms with Gasteiger partial charge in [-0.05, 0) is 36.4 Å². The largest absolute Gasteiger partial charge is 0.284 e. The maximum atomic E-state index is 12.9. The Morgan fingerprint density at radius 1 is 0.852 bits per heavy atom. The zero-order valence-electron chi connectivity index (χ0n) is 13.8. The zero-order valence-corrected chi connectivity index (χ0v) is 16.1. The minimum absolute atomic E-state index is 0.0999. The van der Waals surface area contributed by atoms with E-state index in [2.05, 4.69) is 9.71 Å². The molecule has 0 unspecified atom stereocenters. The van der Waals surface area contributed by atoms with Gasteiger partial charge in [-0.2, -0.15) is 0 Å². The van der Waals surface area contributed by atoms with Gasteiger partial charge in [0.25, 0.3) is 10.0 Å². The monoisotopic (exact) mass is 417 g/mol. The van der Waals surface area contributed by atoms with Crippen LogP contribution in [0.15, 0.2) is 77.8 Å². The summed E-state index contributed by atoms with van der Waals surface area (Å²) in [6.45, 7) is 0. The summed E-state index contributed by atoms with van der Waals surface area (Å²) in [6.07, 6.45) is 1.62. The van der Waals surface area contributed by atoms with E-state index >= 15 is 0 Å². The van der Waals surface area contributed by atoms with Gasteiger partial charge in [0.2, 0.25) is 0 Å². The van der Waals surface area contributed by atoms with Gasteiger partial charge in [0.15, 0.2) is 5.82 Å². The van der Waals surface area contributed by atoms with Crippen molar-refractivity contribution in [1.29, 1.82) is 0 Å². The van der Waals surface area contributed by atoms with E-state index in [0.29, 0.717) is 27.2 Å². The Morgan fingerprint density at radius 3 is 2.22 bits per heavy atom. The van der Waals surface area contributed by atoms with Crippen molar-refractivity contribution in [2.24, 2.45) is 0 Å². The second kappa shape index (κ2) is 6.88. The summed E-state index contributed by atoms with van der Waals surface area (Å²) in [6, 6.07) is 18.7. The summed E-state index contributed by atoms with van der Waals surface area (Å²) in [5.41, 5.74) is 1.87. The number of rotatable bonds is 4. The molecule has 5 nitrogen and oxygen atoms in total. The lowest BCUT2D eigenvalue weighted by Gasteiger charge is -2.10. The van der Waals surface area contributed by atoms with E-state index in [1.54, 1.807) is 22.7 Å². The molecular weight excluding hydrogens is 405 g/mol. The highest BCUT2D eigenvalue weighted by Gasteiger charge is 2.21. The molecular formula is C19H13Cl2N3O2S. The molecule has 4 aromatic rings. The molecule has 2 aromatic heterocycles. The van der Waals surface area contributed by atoms with E-state index in [-0.39, 0.29) is 4.90 Å². The van der Waals surface area contributed by atoms with Crippen LogP contribution in [0.3, 0.4) is 0 Å². The van der Waals surface area contributed by atoms with Crippen molar-refractivity contribution >= 4 is 44.7 Å². The quantitative estimate of drug-likeness (QED) is 0.501. The maximum Gasteiger partial charge on any atom is 0.263 e. The Labute approximate surface area is 166 Å². The van der Waals surface area contributed by atoms with Gasteiger partial charge in [-0.15, -0.1) is 0 Å². The number of hydrogen-bond donors (Lipinski definition) is 1. The van der Waals surface area contributed by atoms with Gasteiger partial charge in [-0.25, -0.2) is 13.4 Å². The Kier molecular flexibility index (Phi) is 4.55. The lowest BCUT2D eigenvalue weighted by atomic mass is 10.1. The second-order valence-corrected chi connectivity index (χ2v) is 8.37. The molecule has 2 aromatic carbocycles. The maximum absolute atomic E-state index is 12.9. The summed E-state index contributed by atoms with van der Waals surface area (Å²) in [7, 11) is -3.85. The summed E-state index contributed by atoms with van der Waals surface area (Å²) >= 11 is 12.0. The molecule has 0 saturated heterocycles. The molecule has 0 atom stereocenters. The van der Waals surface area contributed by atoms with E-state index in [9.17, 15) is 8.42 Å². The molecule has 0 saturated carbocycles. The number of pyridine rings is 1. The molecule has 0 fully saturated rings. The first-order valence-electron chi connectivity index (χ1n) is 7.95. The van der Waals surface area contributed by atoms with Gasteiger partial charge in [-0.1, -0.05) is 53.5 Å². The number of fused-ring (bicyclic) bond motifs is 1. The number of imidazole rings is 1. The van der Waals surface area contributed by atoms with Crippen molar-refractivity contribution in [2.45, 2.75) is 4.90 Å². The topological polar surface area (TPSA) is 63.5 Å². The average molecular weight is 418 g/mol. The number of halogens is 2. The number of nitrogens with zero attached hydrogens (tertiary/aromatic N) is 2. The number of aromatic nitrogens is 2. The van der Waals surface area contributed by atoms with Gasteiger partial charge in [0.1, 0.15) is 11.3 Å². The molecule has 4 rings (SSSR count). The van der Waals surface area contributed by atoms with Crippen molar-refractivity contribution in [1.82, 2.24) is 9.38 Å². The predicted octanol–water partition coefficient (Wildman–Crippen LogP) is 5.11. The fourth-order valence-electron chi connectivity index (χ4n) is 2.71. The molecule has 0 spiro atoms. The van der Waals surface area contributed by atoms with Crippen LogP contribution in [0, 0.1) is 0 Å². The molecule has 27 heavy (non-hydrogen) atoms. The van der Waals surface area contributed by atoms with Crippen LogP contribution in [0.4, 0.5) is 5.82 Å². The van der Waals surface area contributed by atoms with Crippen LogP contribution < -0.4 is 4.72 Å². The van der Waals surface area contributed by atoms with Crippen LogP contribution in [0.1, 0.15) is 0 Å². The van der Waals surface area contributed by atoms with E-state index < -0.39 is 10.0 Å². The average Bonchev–Trinajstić information content (AvgIpc) is 3.00. The van der Waals surface area contributed by atoms with Crippen LogP contribution in [0.25, 0.3) is 16.9 Å². The smallest absolute Gasteiger partial charge is 0.263 e. The van der Waals surface area contributed by atoms with Gasteiger partial charge >= 0.3 is 0 Å². The van der Waals surface area contributed by atoms with Gasteiger partial charge in [-0.3, -0.25) is 9.12 Å². The first kappa shape index (κ1) is 17.9. The van der Waals surface area contributed by atoms with E-state index in [1.807, 2.05) is 30.3 Å². The van der Waals surface area contributed by atoms with Crippen LogP contribution in [0.2, 0.25) is 10.0 Å². The number of sulfonamides is 1. The van der Waals surface area contributed by atoms with E-state index in [0.717, 1.165) is 5.56 Å². The molecule has 0 aliphatic heterocycles. The highest BCUT2D eigenvalue weighted by atomic mass is 35.5. The van der Waals surface area contributed by atoms with E-state index in [1.165, 1.54) is 24.3 Å². The lowest BCUT2D eigenvalue weighted by Crippen LogP contribution is -2.15.